The molecule has 2 aromatic rings. The minimum absolute atomic E-state index is 0. The average molecular weight is 407 g/mol. The van der Waals surface area contributed by atoms with Crippen LogP contribution in [0.5, 0.6) is 5.75 Å². The van der Waals surface area contributed by atoms with E-state index >= 15 is 0 Å². The molecule has 0 spiro atoms. The number of nitrogens with one attached hydrogen (secondary N) is 2. The second-order valence-corrected chi connectivity index (χ2v) is 7.98. The molecule has 1 heterocycles. The average Bonchev–Trinajstić information content (AvgIpc) is 2.72. The number of hydrogen-bond acceptors (Lipinski definition) is 6. The molecule has 0 atom stereocenters. The Morgan fingerprint density at radius 2 is 1.90 bits per heavy atom. The fraction of sp³-hybridized carbons (Fsp3) is 0.292. The van der Waals surface area contributed by atoms with Crippen molar-refractivity contribution < 1.29 is 11.3 Å². The zero-order valence-electron chi connectivity index (χ0n) is 17.2. The first kappa shape index (κ1) is 19.9. The quantitative estimate of drug-likeness (QED) is 0.527. The number of phenolic OH excluding ortho intramolecular Hbond substituents is 1. The van der Waals surface area contributed by atoms with Crippen molar-refractivity contribution in [2.45, 2.75) is 25.7 Å². The predicted octanol–water partition coefficient (Wildman–Crippen LogP) is 3.37. The molecule has 2 aromatic carbocycles. The van der Waals surface area contributed by atoms with E-state index in [4.69, 9.17) is 5.73 Å². The van der Waals surface area contributed by atoms with Crippen molar-refractivity contribution in [3.63, 3.8) is 0 Å². The lowest BCUT2D eigenvalue weighted by Gasteiger charge is -2.28. The zero-order valence-corrected chi connectivity index (χ0v) is 17.2. The SMILES string of the molecule is CN(CCc1ccc(C(=O)C2CCC2)cc1)C1=C(N)NNC(c2ccccc2O)=C1.[HH]. The van der Waals surface area contributed by atoms with Gasteiger partial charge in [-0.3, -0.25) is 15.6 Å². The highest BCUT2D eigenvalue weighted by Gasteiger charge is 2.26. The van der Waals surface area contributed by atoms with Gasteiger partial charge in [-0.15, -0.1) is 0 Å². The van der Waals surface area contributed by atoms with Gasteiger partial charge in [-0.25, -0.2) is 0 Å². The number of para-hydroxylation sites is 1. The van der Waals surface area contributed by atoms with Crippen LogP contribution in [0.1, 0.15) is 42.2 Å². The van der Waals surface area contributed by atoms with Crippen LogP contribution >= 0.6 is 0 Å². The van der Waals surface area contributed by atoms with Gasteiger partial charge in [-0.1, -0.05) is 42.8 Å². The molecule has 0 radical (unpaired) electrons. The van der Waals surface area contributed by atoms with E-state index in [1.807, 2.05) is 49.5 Å². The summed E-state index contributed by atoms with van der Waals surface area (Å²) in [6.45, 7) is 0.762. The summed E-state index contributed by atoms with van der Waals surface area (Å²) >= 11 is 0. The third kappa shape index (κ3) is 4.13. The van der Waals surface area contributed by atoms with Gasteiger partial charge in [0.2, 0.25) is 0 Å². The first-order valence-electron chi connectivity index (χ1n) is 10.4. The molecule has 0 amide bonds. The monoisotopic (exact) mass is 406 g/mol. The van der Waals surface area contributed by atoms with Gasteiger partial charge >= 0.3 is 0 Å². The normalized spacial score (nSPS) is 16.2. The second kappa shape index (κ2) is 8.53. The molecule has 30 heavy (non-hydrogen) atoms. The Kier molecular flexibility index (Phi) is 5.65. The number of carbonyl (C=O) groups excluding carboxylic acids is 1. The van der Waals surface area contributed by atoms with Crippen molar-refractivity contribution in [3.8, 4) is 5.75 Å². The summed E-state index contributed by atoms with van der Waals surface area (Å²) < 4.78 is 0. The topological polar surface area (TPSA) is 90.6 Å². The van der Waals surface area contributed by atoms with Crippen LogP contribution in [0, 0.1) is 5.92 Å². The molecular weight excluding hydrogens is 376 g/mol. The smallest absolute Gasteiger partial charge is 0.165 e. The van der Waals surface area contributed by atoms with Gasteiger partial charge in [0, 0.05) is 32.1 Å². The highest BCUT2D eigenvalue weighted by Crippen LogP contribution is 2.30. The van der Waals surface area contributed by atoms with E-state index in [1.165, 1.54) is 12.0 Å². The number of hydrogen-bond donors (Lipinski definition) is 4. The first-order valence-corrected chi connectivity index (χ1v) is 10.4. The number of nitrogens with two attached hydrogens (primary N) is 1. The Labute approximate surface area is 178 Å². The van der Waals surface area contributed by atoms with Crippen molar-refractivity contribution >= 4 is 11.5 Å². The number of benzene rings is 2. The largest absolute Gasteiger partial charge is 0.507 e. The Balaban J connectivity index is 0.00000272. The third-order valence-corrected chi connectivity index (χ3v) is 5.94. The summed E-state index contributed by atoms with van der Waals surface area (Å²) in [6.07, 6.45) is 5.99. The van der Waals surface area contributed by atoms with Crippen molar-refractivity contribution in [1.82, 2.24) is 15.8 Å². The maximum absolute atomic E-state index is 12.4. The van der Waals surface area contributed by atoms with Crippen molar-refractivity contribution in [1.29, 1.82) is 0 Å². The van der Waals surface area contributed by atoms with E-state index in [9.17, 15) is 9.90 Å². The minimum atomic E-state index is 0. The minimum Gasteiger partial charge on any atom is -0.507 e. The molecule has 4 rings (SSSR count). The van der Waals surface area contributed by atoms with Crippen LogP contribution < -0.4 is 16.6 Å². The van der Waals surface area contributed by atoms with E-state index in [0.717, 1.165) is 42.8 Å². The highest BCUT2D eigenvalue weighted by atomic mass is 16.3. The molecule has 1 fully saturated rings. The van der Waals surface area contributed by atoms with Crippen LogP contribution in [0.3, 0.4) is 0 Å². The number of hydrazine groups is 1. The first-order chi connectivity index (χ1) is 14.5. The van der Waals surface area contributed by atoms with Gasteiger partial charge in [-0.05, 0) is 43.0 Å². The lowest BCUT2D eigenvalue weighted by atomic mass is 9.80. The summed E-state index contributed by atoms with van der Waals surface area (Å²) in [5, 5.41) is 10.1. The maximum atomic E-state index is 12.4. The van der Waals surface area contributed by atoms with Gasteiger partial charge < -0.3 is 15.7 Å². The summed E-state index contributed by atoms with van der Waals surface area (Å²) in [5.41, 5.74) is 16.5. The molecule has 158 valence electrons. The van der Waals surface area contributed by atoms with E-state index in [1.54, 1.807) is 12.1 Å². The maximum Gasteiger partial charge on any atom is 0.165 e. The fourth-order valence-electron chi connectivity index (χ4n) is 3.77. The molecule has 6 heteroatoms. The van der Waals surface area contributed by atoms with Crippen LogP contribution in [0.15, 0.2) is 66.1 Å². The lowest BCUT2D eigenvalue weighted by molar-refractivity contribution is 0.0855. The molecule has 0 unspecified atom stereocenters. The Hall–Kier alpha value is -3.41. The van der Waals surface area contributed by atoms with Crippen LogP contribution in [-0.2, 0) is 6.42 Å². The van der Waals surface area contributed by atoms with Crippen LogP contribution in [0.4, 0.5) is 0 Å². The number of carbonyl (C=O) groups is 1. The summed E-state index contributed by atoms with van der Waals surface area (Å²) in [5.74, 6) is 1.25. The van der Waals surface area contributed by atoms with Gasteiger partial charge in [-0.2, -0.15) is 0 Å². The van der Waals surface area contributed by atoms with Crippen LogP contribution in [0.25, 0.3) is 5.70 Å². The molecule has 2 aliphatic rings. The number of rotatable bonds is 7. The van der Waals surface area contributed by atoms with Gasteiger partial charge in [0.1, 0.15) is 11.6 Å². The lowest BCUT2D eigenvalue weighted by Crippen LogP contribution is -2.40. The van der Waals surface area contributed by atoms with Crippen molar-refractivity contribution in [2.24, 2.45) is 11.7 Å². The fourth-order valence-corrected chi connectivity index (χ4v) is 3.77. The number of Topliss-reactive ketones (excluding diaryl/α,β-unsaturated/α-hetero) is 1. The van der Waals surface area contributed by atoms with E-state index in [2.05, 4.69) is 15.8 Å². The summed E-state index contributed by atoms with van der Waals surface area (Å²) in [6, 6.07) is 15.2. The van der Waals surface area contributed by atoms with Gasteiger partial charge in [0.25, 0.3) is 0 Å². The van der Waals surface area contributed by atoms with Crippen LogP contribution in [0.2, 0.25) is 0 Å². The molecule has 1 saturated carbocycles. The highest BCUT2D eigenvalue weighted by molar-refractivity contribution is 5.98. The Bertz CT molecular complexity index is 997. The molecule has 5 N–H and O–H groups in total. The standard InChI is InChI=1S/C24H28N4O2.H2/c1-28(14-13-16-9-11-18(12-10-16)23(30)17-5-4-6-17)21-15-20(26-27-24(21)25)19-7-2-3-8-22(19)29;/h2-3,7-12,15,17,26-27,29H,4-6,13-14,25H2,1H3;1H. The Morgan fingerprint density at radius 1 is 1.17 bits per heavy atom. The molecule has 0 saturated heterocycles. The number of aromatic hydroxyl groups is 1. The molecule has 1 aliphatic carbocycles. The third-order valence-electron chi connectivity index (χ3n) is 5.94. The van der Waals surface area contributed by atoms with Crippen molar-refractivity contribution in [2.75, 3.05) is 13.6 Å². The van der Waals surface area contributed by atoms with E-state index in [-0.39, 0.29) is 18.9 Å². The molecular formula is C24H30N4O2. The molecule has 0 bridgehead atoms. The van der Waals surface area contributed by atoms with Gasteiger partial charge in [0.05, 0.1) is 11.4 Å². The number of ketones is 1. The second-order valence-electron chi connectivity index (χ2n) is 7.98. The van der Waals surface area contributed by atoms with Crippen LogP contribution in [-0.4, -0.2) is 29.4 Å². The number of nitrogens with zero attached hydrogens (tertiary/aromatic N) is 1. The molecule has 6 nitrogen and oxygen atoms in total. The zero-order chi connectivity index (χ0) is 21.1. The van der Waals surface area contributed by atoms with Gasteiger partial charge in [0.15, 0.2) is 5.78 Å². The summed E-state index contributed by atoms with van der Waals surface area (Å²) in [4.78, 5) is 14.4. The number of likely N-dealkylation sites (N-methyl/N-ethyl adjacent to an activating group) is 1. The predicted molar refractivity (Wildman–Crippen MR) is 120 cm³/mol. The van der Waals surface area contributed by atoms with E-state index in [0.29, 0.717) is 11.4 Å². The number of allylic oxidation sites excluding steroid dienone is 1. The van der Waals surface area contributed by atoms with Crippen molar-refractivity contribution in [3.05, 3.63) is 82.8 Å². The summed E-state index contributed by atoms with van der Waals surface area (Å²) in [7, 11) is 1.99. The number of phenols is 1. The molecule has 0 aromatic heterocycles. The van der Waals surface area contributed by atoms with E-state index < -0.39 is 0 Å². The molecule has 1 aliphatic heterocycles. The Morgan fingerprint density at radius 3 is 2.57 bits per heavy atom.